The smallest absolute Gasteiger partial charge is 0.342 e. The van der Waals surface area contributed by atoms with Crippen LogP contribution in [0.3, 0.4) is 0 Å². The average Bonchev–Trinajstić information content (AvgIpc) is 2.99. The highest BCUT2D eigenvalue weighted by Gasteiger charge is 2.18. The van der Waals surface area contributed by atoms with Crippen molar-refractivity contribution in [3.05, 3.63) is 58.5 Å². The van der Waals surface area contributed by atoms with Gasteiger partial charge in [-0.1, -0.05) is 18.2 Å². The lowest BCUT2D eigenvalue weighted by atomic mass is 10.1. The minimum absolute atomic E-state index is 0.376. The molecule has 0 fully saturated rings. The van der Waals surface area contributed by atoms with Gasteiger partial charge >= 0.3 is 5.97 Å². The number of rotatable bonds is 6. The number of methoxy groups -OCH3 is 2. The van der Waals surface area contributed by atoms with Crippen molar-refractivity contribution < 1.29 is 19.0 Å². The van der Waals surface area contributed by atoms with Gasteiger partial charge < -0.3 is 14.2 Å². The molecule has 5 heteroatoms. The molecule has 0 N–H and O–H groups in total. The lowest BCUT2D eigenvalue weighted by Crippen LogP contribution is -2.06. The summed E-state index contributed by atoms with van der Waals surface area (Å²) in [7, 11) is 2.84. The summed E-state index contributed by atoms with van der Waals surface area (Å²) in [5.41, 5.74) is 1.30. The first-order valence-electron chi connectivity index (χ1n) is 6.32. The van der Waals surface area contributed by atoms with Gasteiger partial charge in [-0.2, -0.15) is 0 Å². The molecule has 2 rings (SSSR count). The number of para-hydroxylation sites is 1. The minimum atomic E-state index is -0.430. The Morgan fingerprint density at radius 2 is 1.95 bits per heavy atom. The second-order valence-corrected chi connectivity index (χ2v) is 5.05. The molecule has 1 aromatic heterocycles. The molecule has 0 atom stereocenters. The van der Waals surface area contributed by atoms with Crippen molar-refractivity contribution in [1.82, 2.24) is 0 Å². The Balaban J connectivity index is 2.17. The highest BCUT2D eigenvalue weighted by molar-refractivity contribution is 7.11. The van der Waals surface area contributed by atoms with Crippen LogP contribution in [-0.2, 0) is 20.9 Å². The quantitative estimate of drug-likeness (QED) is 0.465. The molecule has 0 saturated heterocycles. The van der Waals surface area contributed by atoms with E-state index < -0.39 is 5.97 Å². The number of hydrogen-bond acceptors (Lipinski definition) is 5. The minimum Gasteiger partial charge on any atom is -0.503 e. The van der Waals surface area contributed by atoms with Gasteiger partial charge in [0, 0.05) is 5.56 Å². The summed E-state index contributed by atoms with van der Waals surface area (Å²) >= 11 is 1.45. The third-order valence-electron chi connectivity index (χ3n) is 2.77. The van der Waals surface area contributed by atoms with Gasteiger partial charge in [-0.25, -0.2) is 4.79 Å². The van der Waals surface area contributed by atoms with Crippen molar-refractivity contribution in [2.75, 3.05) is 14.2 Å². The summed E-state index contributed by atoms with van der Waals surface area (Å²) in [5.74, 6) is 0.352. The number of hydrogen-bond donors (Lipinski definition) is 0. The van der Waals surface area contributed by atoms with Crippen molar-refractivity contribution in [3.8, 4) is 5.75 Å². The molecule has 4 nitrogen and oxygen atoms in total. The molecule has 0 bridgehead atoms. The SMILES string of the molecule is COC=C(C(=O)OC)c1sccc1COc1ccccc1. The van der Waals surface area contributed by atoms with Gasteiger partial charge in [-0.3, -0.25) is 0 Å². The lowest BCUT2D eigenvalue weighted by Gasteiger charge is -2.08. The number of ether oxygens (including phenoxy) is 3. The van der Waals surface area contributed by atoms with Crippen molar-refractivity contribution in [2.24, 2.45) is 0 Å². The van der Waals surface area contributed by atoms with E-state index in [2.05, 4.69) is 0 Å². The molecule has 2 aromatic rings. The van der Waals surface area contributed by atoms with Crippen LogP contribution in [0.4, 0.5) is 0 Å². The van der Waals surface area contributed by atoms with E-state index in [1.165, 1.54) is 31.8 Å². The summed E-state index contributed by atoms with van der Waals surface area (Å²) < 4.78 is 15.5. The zero-order chi connectivity index (χ0) is 15.1. The predicted molar refractivity (Wildman–Crippen MR) is 82.1 cm³/mol. The summed E-state index contributed by atoms with van der Waals surface area (Å²) in [6.45, 7) is 0.376. The Kier molecular flexibility index (Phi) is 5.40. The largest absolute Gasteiger partial charge is 0.503 e. The molecule has 0 unspecified atom stereocenters. The molecule has 0 aliphatic heterocycles. The molecule has 1 heterocycles. The normalized spacial score (nSPS) is 11.0. The Bertz CT molecular complexity index is 616. The zero-order valence-corrected chi connectivity index (χ0v) is 12.7. The first-order chi connectivity index (χ1) is 10.3. The molecule has 0 radical (unpaired) electrons. The fourth-order valence-corrected chi connectivity index (χ4v) is 2.69. The topological polar surface area (TPSA) is 44.8 Å². The lowest BCUT2D eigenvalue weighted by molar-refractivity contribution is -0.133. The van der Waals surface area contributed by atoms with Crippen LogP contribution >= 0.6 is 11.3 Å². The van der Waals surface area contributed by atoms with E-state index in [4.69, 9.17) is 14.2 Å². The Morgan fingerprint density at radius 3 is 2.62 bits per heavy atom. The molecule has 110 valence electrons. The van der Waals surface area contributed by atoms with E-state index in [0.717, 1.165) is 16.2 Å². The van der Waals surface area contributed by atoms with Crippen molar-refractivity contribution >= 4 is 22.9 Å². The molecule has 0 saturated carbocycles. The summed E-state index contributed by atoms with van der Waals surface area (Å²) in [6.07, 6.45) is 1.39. The van der Waals surface area contributed by atoms with Crippen molar-refractivity contribution in [1.29, 1.82) is 0 Å². The van der Waals surface area contributed by atoms with Crippen molar-refractivity contribution in [2.45, 2.75) is 6.61 Å². The highest BCUT2D eigenvalue weighted by atomic mass is 32.1. The zero-order valence-electron chi connectivity index (χ0n) is 11.9. The van der Waals surface area contributed by atoms with Crippen LogP contribution in [0.15, 0.2) is 48.0 Å². The molecule has 1 aromatic carbocycles. The van der Waals surface area contributed by atoms with Gasteiger partial charge in [0.2, 0.25) is 0 Å². The predicted octanol–water partition coefficient (Wildman–Crippen LogP) is 3.49. The molecular formula is C16H16O4S. The van der Waals surface area contributed by atoms with Gasteiger partial charge in [-0.05, 0) is 23.6 Å². The number of carbonyl (C=O) groups is 1. The number of esters is 1. The van der Waals surface area contributed by atoms with E-state index >= 15 is 0 Å². The third-order valence-corrected chi connectivity index (χ3v) is 3.76. The van der Waals surface area contributed by atoms with Crippen LogP contribution in [-0.4, -0.2) is 20.2 Å². The van der Waals surface area contributed by atoms with E-state index in [-0.39, 0.29) is 0 Å². The van der Waals surface area contributed by atoms with E-state index in [9.17, 15) is 4.79 Å². The second-order valence-electron chi connectivity index (χ2n) is 4.14. The van der Waals surface area contributed by atoms with Crippen LogP contribution in [0, 0.1) is 0 Å². The molecule has 0 spiro atoms. The van der Waals surface area contributed by atoms with Gasteiger partial charge in [0.15, 0.2) is 0 Å². The fraction of sp³-hybridized carbons (Fsp3) is 0.188. The summed E-state index contributed by atoms with van der Waals surface area (Å²) in [5, 5.41) is 1.91. The first kappa shape index (κ1) is 15.1. The second kappa shape index (κ2) is 7.50. The molecule has 0 amide bonds. The van der Waals surface area contributed by atoms with Crippen LogP contribution in [0.5, 0.6) is 5.75 Å². The van der Waals surface area contributed by atoms with Crippen LogP contribution in [0.2, 0.25) is 0 Å². The summed E-state index contributed by atoms with van der Waals surface area (Å²) in [4.78, 5) is 12.6. The Morgan fingerprint density at radius 1 is 1.19 bits per heavy atom. The maximum atomic E-state index is 11.8. The molecule has 0 aliphatic carbocycles. The van der Waals surface area contributed by atoms with Gasteiger partial charge in [-0.15, -0.1) is 11.3 Å². The van der Waals surface area contributed by atoms with E-state index in [1.807, 2.05) is 41.8 Å². The first-order valence-corrected chi connectivity index (χ1v) is 7.20. The number of carbonyl (C=O) groups excluding carboxylic acids is 1. The van der Waals surface area contributed by atoms with E-state index in [1.54, 1.807) is 0 Å². The van der Waals surface area contributed by atoms with Crippen LogP contribution in [0.25, 0.3) is 5.57 Å². The summed E-state index contributed by atoms with van der Waals surface area (Å²) in [6, 6.07) is 11.5. The standard InChI is InChI=1S/C16H16O4S/c1-18-11-14(16(17)19-2)15-12(8-9-21-15)10-20-13-6-4-3-5-7-13/h3-9,11H,10H2,1-2H3. The molecule has 21 heavy (non-hydrogen) atoms. The Hall–Kier alpha value is -2.27. The van der Waals surface area contributed by atoms with Crippen LogP contribution < -0.4 is 4.74 Å². The van der Waals surface area contributed by atoms with E-state index in [0.29, 0.717) is 12.2 Å². The number of benzene rings is 1. The molecule has 0 aliphatic rings. The third kappa shape index (κ3) is 3.86. The van der Waals surface area contributed by atoms with Gasteiger partial charge in [0.25, 0.3) is 0 Å². The van der Waals surface area contributed by atoms with Crippen LogP contribution in [0.1, 0.15) is 10.4 Å². The maximum absolute atomic E-state index is 11.8. The number of thiophene rings is 1. The average molecular weight is 304 g/mol. The highest BCUT2D eigenvalue weighted by Crippen LogP contribution is 2.27. The Labute approximate surface area is 127 Å². The maximum Gasteiger partial charge on any atom is 0.342 e. The van der Waals surface area contributed by atoms with Crippen molar-refractivity contribution in [3.63, 3.8) is 0 Å². The fourth-order valence-electron chi connectivity index (χ4n) is 1.79. The monoisotopic (exact) mass is 304 g/mol. The van der Waals surface area contributed by atoms with Gasteiger partial charge in [0.05, 0.1) is 25.4 Å². The molecular weight excluding hydrogens is 288 g/mol. The van der Waals surface area contributed by atoms with Gasteiger partial charge in [0.1, 0.15) is 17.9 Å².